The summed E-state index contributed by atoms with van der Waals surface area (Å²) < 4.78 is 7.69. The molecule has 1 saturated heterocycles. The Labute approximate surface area is 158 Å². The van der Waals surface area contributed by atoms with Crippen molar-refractivity contribution < 1.29 is 9.53 Å². The van der Waals surface area contributed by atoms with E-state index < -0.39 is 0 Å². The highest BCUT2D eigenvalue weighted by Gasteiger charge is 2.21. The van der Waals surface area contributed by atoms with Gasteiger partial charge in [0.2, 0.25) is 5.91 Å². The first-order valence-corrected chi connectivity index (χ1v) is 10.00. The summed E-state index contributed by atoms with van der Waals surface area (Å²) in [5.74, 6) is 2.74. The number of carbonyl (C=O) groups is 1. The van der Waals surface area contributed by atoms with E-state index in [2.05, 4.69) is 17.1 Å². The molecule has 0 aliphatic carbocycles. The minimum absolute atomic E-state index is 0.183. The molecule has 1 aromatic heterocycles. The van der Waals surface area contributed by atoms with E-state index in [1.54, 1.807) is 0 Å². The van der Waals surface area contributed by atoms with Gasteiger partial charge in [-0.15, -0.1) is 10.2 Å². The molecule has 3 rings (SSSR count). The molecule has 1 atom stereocenters. The van der Waals surface area contributed by atoms with Gasteiger partial charge in [0, 0.05) is 20.1 Å². The van der Waals surface area contributed by atoms with E-state index in [-0.39, 0.29) is 5.91 Å². The third-order valence-corrected chi connectivity index (χ3v) is 5.62. The number of aromatic nitrogens is 3. The molecule has 1 amide bonds. The molecule has 26 heavy (non-hydrogen) atoms. The molecule has 0 saturated carbocycles. The Hall–Kier alpha value is -2.02. The van der Waals surface area contributed by atoms with Crippen LogP contribution in [0.1, 0.15) is 31.2 Å². The maximum atomic E-state index is 12.4. The van der Waals surface area contributed by atoms with Crippen LogP contribution in [-0.4, -0.2) is 44.4 Å². The zero-order chi connectivity index (χ0) is 18.5. The molecule has 0 radical (unpaired) electrons. The van der Waals surface area contributed by atoms with Gasteiger partial charge in [0.1, 0.15) is 12.4 Å². The second-order valence-electron chi connectivity index (χ2n) is 6.94. The molecule has 1 fully saturated rings. The number of nitrogens with zero attached hydrogens (tertiary/aromatic N) is 4. The van der Waals surface area contributed by atoms with Crippen LogP contribution in [-0.2, 0) is 18.4 Å². The van der Waals surface area contributed by atoms with Crippen LogP contribution >= 0.6 is 11.8 Å². The van der Waals surface area contributed by atoms with Crippen LogP contribution in [0.3, 0.4) is 0 Å². The van der Waals surface area contributed by atoms with E-state index in [9.17, 15) is 4.79 Å². The number of piperidine rings is 1. The van der Waals surface area contributed by atoms with Crippen molar-refractivity contribution in [1.29, 1.82) is 0 Å². The van der Waals surface area contributed by atoms with E-state index in [0.717, 1.165) is 41.8 Å². The number of likely N-dealkylation sites (tertiary alicyclic amines) is 1. The summed E-state index contributed by atoms with van der Waals surface area (Å²) in [6.07, 6.45) is 2.31. The lowest BCUT2D eigenvalue weighted by atomic mass is 10.0. The molecule has 0 bridgehead atoms. The lowest BCUT2D eigenvalue weighted by Crippen LogP contribution is -2.40. The van der Waals surface area contributed by atoms with Gasteiger partial charge in [-0.1, -0.05) is 30.8 Å². The smallest absolute Gasteiger partial charge is 0.233 e. The first-order valence-electron chi connectivity index (χ1n) is 9.01. The molecule has 1 aliphatic rings. The third-order valence-electron chi connectivity index (χ3n) is 4.62. The van der Waals surface area contributed by atoms with Gasteiger partial charge in [-0.25, -0.2) is 0 Å². The van der Waals surface area contributed by atoms with E-state index in [1.807, 2.05) is 47.7 Å². The van der Waals surface area contributed by atoms with Crippen LogP contribution in [0.4, 0.5) is 0 Å². The number of thioether (sulfide) groups is 1. The van der Waals surface area contributed by atoms with Crippen molar-refractivity contribution in [2.75, 3.05) is 18.8 Å². The molecule has 1 unspecified atom stereocenters. The molecule has 7 heteroatoms. The number of ether oxygens (including phenoxy) is 1. The zero-order valence-electron chi connectivity index (χ0n) is 15.6. The van der Waals surface area contributed by atoms with E-state index in [0.29, 0.717) is 18.3 Å². The van der Waals surface area contributed by atoms with E-state index in [4.69, 9.17) is 4.74 Å². The fourth-order valence-electron chi connectivity index (χ4n) is 3.08. The van der Waals surface area contributed by atoms with Gasteiger partial charge in [-0.3, -0.25) is 4.79 Å². The lowest BCUT2D eigenvalue weighted by Gasteiger charge is -2.30. The summed E-state index contributed by atoms with van der Waals surface area (Å²) >= 11 is 1.44. The molecule has 2 aromatic rings. The monoisotopic (exact) mass is 374 g/mol. The van der Waals surface area contributed by atoms with Gasteiger partial charge in [0.15, 0.2) is 11.0 Å². The van der Waals surface area contributed by atoms with Gasteiger partial charge < -0.3 is 14.2 Å². The molecule has 6 nitrogen and oxygen atoms in total. The standard InChI is InChI=1S/C19H26N4O2S/c1-14-6-4-8-16(10-14)25-12-17-20-21-19(22(17)3)26-13-18(24)23-9-5-7-15(2)11-23/h4,6,8,10,15H,5,7,9,11-13H2,1-3H3. The van der Waals surface area contributed by atoms with Crippen LogP contribution in [0.25, 0.3) is 0 Å². The normalized spacial score (nSPS) is 17.3. The Morgan fingerprint density at radius 1 is 1.38 bits per heavy atom. The fourth-order valence-corrected chi connectivity index (χ4v) is 3.92. The first-order chi connectivity index (χ1) is 12.5. The van der Waals surface area contributed by atoms with Gasteiger partial charge >= 0.3 is 0 Å². The number of hydrogen-bond acceptors (Lipinski definition) is 5. The molecule has 140 valence electrons. The number of amides is 1. The minimum Gasteiger partial charge on any atom is -0.486 e. The van der Waals surface area contributed by atoms with Crippen LogP contribution in [0.2, 0.25) is 0 Å². The predicted molar refractivity (Wildman–Crippen MR) is 102 cm³/mol. The highest BCUT2D eigenvalue weighted by atomic mass is 32.2. The molecule has 2 heterocycles. The van der Waals surface area contributed by atoms with Crippen molar-refractivity contribution in [2.24, 2.45) is 13.0 Å². The second kappa shape index (κ2) is 8.58. The number of hydrogen-bond donors (Lipinski definition) is 0. The first kappa shape index (κ1) is 18.8. The largest absolute Gasteiger partial charge is 0.486 e. The van der Waals surface area contributed by atoms with Crippen molar-refractivity contribution in [1.82, 2.24) is 19.7 Å². The summed E-state index contributed by atoms with van der Waals surface area (Å²) in [6, 6.07) is 7.92. The highest BCUT2D eigenvalue weighted by molar-refractivity contribution is 7.99. The van der Waals surface area contributed by atoms with Crippen molar-refractivity contribution >= 4 is 17.7 Å². The predicted octanol–water partition coefficient (Wildman–Crippen LogP) is 3.05. The average molecular weight is 375 g/mol. The van der Waals surface area contributed by atoms with Crippen molar-refractivity contribution in [3.05, 3.63) is 35.7 Å². The Morgan fingerprint density at radius 3 is 3.00 bits per heavy atom. The number of benzene rings is 1. The Morgan fingerprint density at radius 2 is 2.23 bits per heavy atom. The van der Waals surface area contributed by atoms with Crippen molar-refractivity contribution in [2.45, 2.75) is 38.5 Å². The van der Waals surface area contributed by atoms with E-state index in [1.165, 1.54) is 18.2 Å². The molecule has 1 aliphatic heterocycles. The van der Waals surface area contributed by atoms with Crippen molar-refractivity contribution in [3.8, 4) is 5.75 Å². The van der Waals surface area contributed by atoms with E-state index >= 15 is 0 Å². The topological polar surface area (TPSA) is 60.3 Å². The minimum atomic E-state index is 0.183. The van der Waals surface area contributed by atoms with Crippen LogP contribution in [0.15, 0.2) is 29.4 Å². The van der Waals surface area contributed by atoms with Crippen molar-refractivity contribution in [3.63, 3.8) is 0 Å². The molecule has 0 N–H and O–H groups in total. The van der Waals surface area contributed by atoms with Gasteiger partial charge in [0.05, 0.1) is 5.75 Å². The summed E-state index contributed by atoms with van der Waals surface area (Å²) in [6.45, 7) is 6.33. The summed E-state index contributed by atoms with van der Waals surface area (Å²) in [4.78, 5) is 14.4. The lowest BCUT2D eigenvalue weighted by molar-refractivity contribution is -0.130. The zero-order valence-corrected chi connectivity index (χ0v) is 16.5. The Balaban J connectivity index is 1.52. The quantitative estimate of drug-likeness (QED) is 0.727. The Kier molecular flexibility index (Phi) is 6.19. The molecule has 0 spiro atoms. The number of rotatable bonds is 6. The van der Waals surface area contributed by atoms with Gasteiger partial charge in [-0.2, -0.15) is 0 Å². The van der Waals surface area contributed by atoms with Crippen LogP contribution < -0.4 is 4.74 Å². The SMILES string of the molecule is Cc1cccc(OCc2nnc(SCC(=O)N3CCCC(C)C3)n2C)c1. The number of aryl methyl sites for hydroxylation is 1. The molecule has 1 aromatic carbocycles. The Bertz CT molecular complexity index is 762. The third kappa shape index (κ3) is 4.78. The fraction of sp³-hybridized carbons (Fsp3) is 0.526. The summed E-state index contributed by atoms with van der Waals surface area (Å²) in [5.41, 5.74) is 1.15. The second-order valence-corrected chi connectivity index (χ2v) is 7.88. The maximum absolute atomic E-state index is 12.4. The van der Waals surface area contributed by atoms with Crippen LogP contribution in [0, 0.1) is 12.8 Å². The highest BCUT2D eigenvalue weighted by Crippen LogP contribution is 2.20. The maximum Gasteiger partial charge on any atom is 0.233 e. The molecular formula is C19H26N4O2S. The van der Waals surface area contributed by atoms with Crippen LogP contribution in [0.5, 0.6) is 5.75 Å². The number of carbonyl (C=O) groups excluding carboxylic acids is 1. The van der Waals surface area contributed by atoms with Gasteiger partial charge in [0.25, 0.3) is 0 Å². The average Bonchev–Trinajstić information content (AvgIpc) is 2.98. The molecular weight excluding hydrogens is 348 g/mol. The summed E-state index contributed by atoms with van der Waals surface area (Å²) in [5, 5.41) is 9.14. The van der Waals surface area contributed by atoms with Gasteiger partial charge in [-0.05, 0) is 43.4 Å². The summed E-state index contributed by atoms with van der Waals surface area (Å²) in [7, 11) is 1.91.